The number of hydrogen-bond acceptors (Lipinski definition) is 5. The summed E-state index contributed by atoms with van der Waals surface area (Å²) in [7, 11) is 1.95. The van der Waals surface area contributed by atoms with Crippen molar-refractivity contribution in [2.45, 2.75) is 13.8 Å². The molecule has 160 valence electrons. The Morgan fingerprint density at radius 2 is 1.81 bits per heavy atom. The van der Waals surface area contributed by atoms with Crippen molar-refractivity contribution in [2.24, 2.45) is 7.05 Å². The highest BCUT2D eigenvalue weighted by molar-refractivity contribution is 6.04. The Morgan fingerprint density at radius 3 is 2.44 bits per heavy atom. The van der Waals surface area contributed by atoms with Crippen molar-refractivity contribution in [1.29, 1.82) is 0 Å². The first-order valence-electron chi connectivity index (χ1n) is 9.95. The van der Waals surface area contributed by atoms with E-state index in [9.17, 15) is 9.18 Å². The number of hydrogen-bond donors (Lipinski definition) is 1. The summed E-state index contributed by atoms with van der Waals surface area (Å²) in [5.74, 6) is -0.760. The van der Waals surface area contributed by atoms with Gasteiger partial charge >= 0.3 is 0 Å². The molecule has 0 aliphatic heterocycles. The molecule has 0 spiro atoms. The lowest BCUT2D eigenvalue weighted by atomic mass is 10.0. The molecule has 4 rings (SSSR count). The van der Waals surface area contributed by atoms with Gasteiger partial charge in [0.1, 0.15) is 5.82 Å². The minimum absolute atomic E-state index is 0.151. The Labute approximate surface area is 184 Å². The number of aromatic nitrogens is 5. The summed E-state index contributed by atoms with van der Waals surface area (Å²) in [6, 6.07) is 8.12. The van der Waals surface area contributed by atoms with Crippen LogP contribution in [0.15, 0.2) is 67.7 Å². The van der Waals surface area contributed by atoms with Crippen molar-refractivity contribution in [3.8, 4) is 11.3 Å². The van der Waals surface area contributed by atoms with Crippen molar-refractivity contribution < 1.29 is 9.18 Å². The van der Waals surface area contributed by atoms with E-state index in [4.69, 9.17) is 0 Å². The summed E-state index contributed by atoms with van der Waals surface area (Å²) in [6.07, 6.45) is 11.0. The van der Waals surface area contributed by atoms with E-state index in [1.807, 2.05) is 55.1 Å². The van der Waals surface area contributed by atoms with Crippen LogP contribution in [0.25, 0.3) is 16.8 Å². The number of rotatable bonds is 5. The molecule has 7 nitrogen and oxygen atoms in total. The molecule has 4 aromatic rings. The molecule has 0 atom stereocenters. The Morgan fingerprint density at radius 1 is 1.03 bits per heavy atom. The van der Waals surface area contributed by atoms with Crippen molar-refractivity contribution in [2.75, 3.05) is 5.32 Å². The number of imidazole rings is 1. The number of nitrogens with one attached hydrogen (secondary N) is 1. The molecule has 3 aromatic heterocycles. The van der Waals surface area contributed by atoms with Gasteiger partial charge in [-0.05, 0) is 25.0 Å². The minimum Gasteiger partial charge on any atom is -0.334 e. The maximum absolute atomic E-state index is 13.7. The normalized spacial score (nSPS) is 11.4. The van der Waals surface area contributed by atoms with Gasteiger partial charge < -0.3 is 9.88 Å². The predicted molar refractivity (Wildman–Crippen MR) is 120 cm³/mol. The maximum Gasteiger partial charge on any atom is 0.258 e. The number of allylic oxidation sites excluding steroid dienone is 1. The van der Waals surface area contributed by atoms with Gasteiger partial charge in [0, 0.05) is 24.4 Å². The molecule has 0 unspecified atom stereocenters. The third-order valence-corrected chi connectivity index (χ3v) is 5.16. The fourth-order valence-corrected chi connectivity index (χ4v) is 3.36. The lowest BCUT2D eigenvalue weighted by Crippen LogP contribution is -2.15. The number of benzene rings is 1. The van der Waals surface area contributed by atoms with Gasteiger partial charge in [-0.2, -0.15) is 0 Å². The molecule has 32 heavy (non-hydrogen) atoms. The van der Waals surface area contributed by atoms with Crippen LogP contribution in [0.1, 0.15) is 34.1 Å². The van der Waals surface area contributed by atoms with Gasteiger partial charge in [-0.3, -0.25) is 14.8 Å². The van der Waals surface area contributed by atoms with Crippen LogP contribution in [0.2, 0.25) is 0 Å². The van der Waals surface area contributed by atoms with E-state index in [0.29, 0.717) is 5.69 Å². The van der Waals surface area contributed by atoms with Gasteiger partial charge in [0.25, 0.3) is 5.91 Å². The SMILES string of the molecule is C/C=C(/c1ccc(-c2cncn2C)cc1)c1cnc(NC(=O)c2cncc(F)c2C)cn1. The second-order valence-electron chi connectivity index (χ2n) is 7.20. The van der Waals surface area contributed by atoms with Gasteiger partial charge in [-0.15, -0.1) is 0 Å². The minimum atomic E-state index is -0.536. The first-order valence-corrected chi connectivity index (χ1v) is 9.95. The topological polar surface area (TPSA) is 85.6 Å². The van der Waals surface area contributed by atoms with Crippen LogP contribution < -0.4 is 5.32 Å². The van der Waals surface area contributed by atoms with Crippen LogP contribution in [0, 0.1) is 12.7 Å². The lowest BCUT2D eigenvalue weighted by Gasteiger charge is -2.10. The molecular formula is C24H21FN6O. The summed E-state index contributed by atoms with van der Waals surface area (Å²) in [4.78, 5) is 29.1. The molecule has 0 fully saturated rings. The van der Waals surface area contributed by atoms with E-state index in [1.165, 1.54) is 19.3 Å². The Bertz CT molecular complexity index is 1290. The Kier molecular flexibility index (Phi) is 5.85. The van der Waals surface area contributed by atoms with E-state index in [-0.39, 0.29) is 16.9 Å². The fraction of sp³-hybridized carbons (Fsp3) is 0.125. The molecular weight excluding hydrogens is 407 g/mol. The molecule has 0 aliphatic carbocycles. The number of amides is 1. The van der Waals surface area contributed by atoms with Crippen molar-refractivity contribution in [1.82, 2.24) is 24.5 Å². The van der Waals surface area contributed by atoms with Crippen LogP contribution in [-0.4, -0.2) is 30.4 Å². The highest BCUT2D eigenvalue weighted by Crippen LogP contribution is 2.25. The largest absolute Gasteiger partial charge is 0.334 e. The zero-order valence-electron chi connectivity index (χ0n) is 17.9. The molecule has 0 saturated heterocycles. The number of nitrogens with zero attached hydrogens (tertiary/aromatic N) is 5. The third kappa shape index (κ3) is 4.15. The summed E-state index contributed by atoms with van der Waals surface area (Å²) in [5, 5.41) is 2.63. The average Bonchev–Trinajstić information content (AvgIpc) is 3.23. The molecule has 0 aliphatic rings. The smallest absolute Gasteiger partial charge is 0.258 e. The average molecular weight is 428 g/mol. The van der Waals surface area contributed by atoms with E-state index in [0.717, 1.165) is 28.6 Å². The first-order chi connectivity index (χ1) is 15.5. The van der Waals surface area contributed by atoms with Crippen LogP contribution in [0.4, 0.5) is 10.2 Å². The molecule has 8 heteroatoms. The van der Waals surface area contributed by atoms with Crippen LogP contribution in [-0.2, 0) is 7.05 Å². The zero-order chi connectivity index (χ0) is 22.7. The predicted octanol–water partition coefficient (Wildman–Crippen LogP) is 4.42. The maximum atomic E-state index is 13.7. The van der Waals surface area contributed by atoms with Gasteiger partial charge in [-0.1, -0.05) is 30.3 Å². The van der Waals surface area contributed by atoms with Gasteiger partial charge in [0.05, 0.1) is 48.1 Å². The molecule has 3 heterocycles. The van der Waals surface area contributed by atoms with Crippen molar-refractivity contribution >= 4 is 17.3 Å². The standard InChI is InChI=1S/C24H21FN6O/c1-4-18(16-5-7-17(8-6-16)22-12-27-14-31(22)3)21-11-29-23(13-28-21)30-24(32)19-9-26-10-20(25)15(19)2/h4-14H,1-3H3,(H,29,30,32)/b18-4-. The monoisotopic (exact) mass is 428 g/mol. The van der Waals surface area contributed by atoms with Crippen molar-refractivity contribution in [3.05, 3.63) is 95.9 Å². The molecule has 1 N–H and O–H groups in total. The first kappa shape index (κ1) is 21.0. The molecule has 0 bridgehead atoms. The quantitative estimate of drug-likeness (QED) is 0.508. The summed E-state index contributed by atoms with van der Waals surface area (Å²) < 4.78 is 15.6. The second-order valence-corrected chi connectivity index (χ2v) is 7.20. The highest BCUT2D eigenvalue weighted by Gasteiger charge is 2.14. The van der Waals surface area contributed by atoms with Crippen LogP contribution in [0.5, 0.6) is 0 Å². The fourth-order valence-electron chi connectivity index (χ4n) is 3.36. The number of pyridine rings is 1. The summed E-state index contributed by atoms with van der Waals surface area (Å²) >= 11 is 0. The lowest BCUT2D eigenvalue weighted by molar-refractivity contribution is 0.102. The zero-order valence-corrected chi connectivity index (χ0v) is 17.9. The molecule has 0 radical (unpaired) electrons. The van der Waals surface area contributed by atoms with Crippen LogP contribution in [0.3, 0.4) is 0 Å². The molecule has 1 aromatic carbocycles. The van der Waals surface area contributed by atoms with Gasteiger partial charge in [-0.25, -0.2) is 14.4 Å². The third-order valence-electron chi connectivity index (χ3n) is 5.16. The van der Waals surface area contributed by atoms with E-state index >= 15 is 0 Å². The summed E-state index contributed by atoms with van der Waals surface area (Å²) in [6.45, 7) is 3.46. The van der Waals surface area contributed by atoms with Crippen LogP contribution >= 0.6 is 0 Å². The molecule has 1 amide bonds. The van der Waals surface area contributed by atoms with E-state index in [1.54, 1.807) is 12.5 Å². The Hall–Kier alpha value is -4.20. The van der Waals surface area contributed by atoms with Gasteiger partial charge in [0.15, 0.2) is 5.82 Å². The number of carbonyl (C=O) groups is 1. The second kappa shape index (κ2) is 8.89. The van der Waals surface area contributed by atoms with Crippen molar-refractivity contribution in [3.63, 3.8) is 0 Å². The van der Waals surface area contributed by atoms with E-state index < -0.39 is 11.7 Å². The van der Waals surface area contributed by atoms with Gasteiger partial charge in [0.2, 0.25) is 0 Å². The Balaban J connectivity index is 1.52. The number of aryl methyl sites for hydroxylation is 1. The number of halogens is 1. The highest BCUT2D eigenvalue weighted by atomic mass is 19.1. The number of carbonyl (C=O) groups excluding carboxylic acids is 1. The van der Waals surface area contributed by atoms with E-state index in [2.05, 4.69) is 25.3 Å². The summed E-state index contributed by atoms with van der Waals surface area (Å²) in [5.41, 5.74) is 5.05. The number of anilines is 1. The molecule has 0 saturated carbocycles.